The summed E-state index contributed by atoms with van der Waals surface area (Å²) in [6.07, 6.45) is 0. The van der Waals surface area contributed by atoms with Crippen LogP contribution in [0.2, 0.25) is 0 Å². The molecule has 1 unspecified atom stereocenters. The molecule has 12 heavy (non-hydrogen) atoms. The lowest BCUT2D eigenvalue weighted by molar-refractivity contribution is -0.122. The summed E-state index contributed by atoms with van der Waals surface area (Å²) in [5.74, 6) is -0.184. The minimum absolute atomic E-state index is 0.0478. The first-order valence-electron chi connectivity index (χ1n) is 4.03. The maximum absolute atomic E-state index is 11.0. The van der Waals surface area contributed by atoms with Gasteiger partial charge < -0.3 is 16.2 Å². The standard InChI is InChI=1S/C8H18N2O2/c1-6(9)7(12)10-4-8(2,3)5-11/h6,11H,4-5,9H2,1-3H3,(H,10,12). The van der Waals surface area contributed by atoms with Crippen molar-refractivity contribution in [2.75, 3.05) is 13.2 Å². The van der Waals surface area contributed by atoms with Crippen LogP contribution in [-0.2, 0) is 4.79 Å². The Bertz CT molecular complexity index is 155. The molecule has 0 radical (unpaired) electrons. The molecule has 0 saturated carbocycles. The van der Waals surface area contributed by atoms with Crippen LogP contribution in [-0.4, -0.2) is 30.2 Å². The molecule has 0 aromatic rings. The second kappa shape index (κ2) is 4.42. The summed E-state index contributed by atoms with van der Waals surface area (Å²) in [6, 6.07) is -0.487. The number of aliphatic hydroxyl groups is 1. The van der Waals surface area contributed by atoms with E-state index in [4.69, 9.17) is 10.8 Å². The number of carbonyl (C=O) groups excluding carboxylic acids is 1. The Kier molecular flexibility index (Phi) is 4.20. The van der Waals surface area contributed by atoms with E-state index in [0.29, 0.717) is 6.54 Å². The molecular weight excluding hydrogens is 156 g/mol. The van der Waals surface area contributed by atoms with Crippen LogP contribution in [0.4, 0.5) is 0 Å². The zero-order valence-electron chi connectivity index (χ0n) is 7.92. The quantitative estimate of drug-likeness (QED) is 0.536. The maximum atomic E-state index is 11.0. The van der Waals surface area contributed by atoms with Gasteiger partial charge in [-0.15, -0.1) is 0 Å². The smallest absolute Gasteiger partial charge is 0.236 e. The van der Waals surface area contributed by atoms with Gasteiger partial charge in [-0.25, -0.2) is 0 Å². The number of nitrogens with one attached hydrogen (secondary N) is 1. The van der Waals surface area contributed by atoms with Crippen molar-refractivity contribution in [1.82, 2.24) is 5.32 Å². The zero-order valence-corrected chi connectivity index (χ0v) is 7.92. The molecule has 0 heterocycles. The maximum Gasteiger partial charge on any atom is 0.236 e. The third-order valence-electron chi connectivity index (χ3n) is 1.58. The highest BCUT2D eigenvalue weighted by Gasteiger charge is 2.18. The Morgan fingerprint density at radius 2 is 2.17 bits per heavy atom. The summed E-state index contributed by atoms with van der Waals surface area (Å²) in [4.78, 5) is 11.0. The van der Waals surface area contributed by atoms with Crippen molar-refractivity contribution in [2.24, 2.45) is 11.1 Å². The molecular formula is C8H18N2O2. The van der Waals surface area contributed by atoms with Gasteiger partial charge >= 0.3 is 0 Å². The Labute approximate surface area is 73.1 Å². The highest BCUT2D eigenvalue weighted by molar-refractivity contribution is 5.80. The minimum Gasteiger partial charge on any atom is -0.396 e. The lowest BCUT2D eigenvalue weighted by Gasteiger charge is -2.22. The summed E-state index contributed by atoms with van der Waals surface area (Å²) < 4.78 is 0. The molecule has 0 bridgehead atoms. The molecule has 0 aromatic carbocycles. The predicted octanol–water partition coefficient (Wildman–Crippen LogP) is -0.532. The SMILES string of the molecule is CC(N)C(=O)NCC(C)(C)CO. The second-order valence-electron chi connectivity index (χ2n) is 3.83. The Morgan fingerprint density at radius 1 is 1.67 bits per heavy atom. The Morgan fingerprint density at radius 3 is 2.50 bits per heavy atom. The number of nitrogens with two attached hydrogens (primary N) is 1. The molecule has 0 aromatic heterocycles. The zero-order chi connectivity index (χ0) is 9.78. The van der Waals surface area contributed by atoms with Gasteiger partial charge in [0.25, 0.3) is 0 Å². The average Bonchev–Trinajstić information content (AvgIpc) is 2.00. The van der Waals surface area contributed by atoms with Crippen LogP contribution in [0.5, 0.6) is 0 Å². The van der Waals surface area contributed by atoms with Gasteiger partial charge in [0.15, 0.2) is 0 Å². The van der Waals surface area contributed by atoms with Crippen molar-refractivity contribution in [3.05, 3.63) is 0 Å². The van der Waals surface area contributed by atoms with E-state index in [2.05, 4.69) is 5.32 Å². The molecule has 0 fully saturated rings. The normalized spacial score (nSPS) is 14.1. The molecule has 1 amide bonds. The molecule has 4 nitrogen and oxygen atoms in total. The van der Waals surface area contributed by atoms with E-state index in [1.807, 2.05) is 13.8 Å². The minimum atomic E-state index is -0.487. The van der Waals surface area contributed by atoms with E-state index in [1.54, 1.807) is 6.92 Å². The van der Waals surface area contributed by atoms with Gasteiger partial charge in [0.1, 0.15) is 0 Å². The fraction of sp³-hybridized carbons (Fsp3) is 0.875. The van der Waals surface area contributed by atoms with E-state index in [9.17, 15) is 4.79 Å². The first kappa shape index (κ1) is 11.4. The van der Waals surface area contributed by atoms with Crippen molar-refractivity contribution in [3.63, 3.8) is 0 Å². The van der Waals surface area contributed by atoms with Crippen molar-refractivity contribution in [1.29, 1.82) is 0 Å². The number of carbonyl (C=O) groups is 1. The summed E-state index contributed by atoms with van der Waals surface area (Å²) in [7, 11) is 0. The molecule has 0 aliphatic carbocycles. The molecule has 4 N–H and O–H groups in total. The van der Waals surface area contributed by atoms with Crippen molar-refractivity contribution in [2.45, 2.75) is 26.8 Å². The van der Waals surface area contributed by atoms with E-state index in [-0.39, 0.29) is 17.9 Å². The summed E-state index contributed by atoms with van der Waals surface area (Å²) >= 11 is 0. The summed E-state index contributed by atoms with van der Waals surface area (Å²) in [5, 5.41) is 11.5. The molecule has 0 rings (SSSR count). The van der Waals surface area contributed by atoms with Gasteiger partial charge in [-0.05, 0) is 6.92 Å². The van der Waals surface area contributed by atoms with Crippen LogP contribution in [0.1, 0.15) is 20.8 Å². The van der Waals surface area contributed by atoms with Gasteiger partial charge in [-0.2, -0.15) is 0 Å². The first-order valence-corrected chi connectivity index (χ1v) is 4.03. The van der Waals surface area contributed by atoms with Crippen molar-refractivity contribution < 1.29 is 9.90 Å². The third-order valence-corrected chi connectivity index (χ3v) is 1.58. The summed E-state index contributed by atoms with van der Waals surface area (Å²) in [6.45, 7) is 5.86. The topological polar surface area (TPSA) is 75.4 Å². The molecule has 72 valence electrons. The number of aliphatic hydroxyl groups excluding tert-OH is 1. The molecule has 0 aliphatic rings. The Balaban J connectivity index is 3.76. The lowest BCUT2D eigenvalue weighted by atomic mass is 9.95. The molecule has 0 spiro atoms. The monoisotopic (exact) mass is 174 g/mol. The van der Waals surface area contributed by atoms with Crippen LogP contribution in [0, 0.1) is 5.41 Å². The highest BCUT2D eigenvalue weighted by Crippen LogP contribution is 2.10. The van der Waals surface area contributed by atoms with Crippen LogP contribution in [0.3, 0.4) is 0 Å². The number of amides is 1. The Hall–Kier alpha value is -0.610. The average molecular weight is 174 g/mol. The number of hydrogen-bond donors (Lipinski definition) is 3. The van der Waals surface area contributed by atoms with Crippen molar-refractivity contribution >= 4 is 5.91 Å². The fourth-order valence-corrected chi connectivity index (χ4v) is 0.543. The largest absolute Gasteiger partial charge is 0.396 e. The molecule has 4 heteroatoms. The third kappa shape index (κ3) is 4.31. The van der Waals surface area contributed by atoms with E-state index in [0.717, 1.165) is 0 Å². The van der Waals surface area contributed by atoms with Crippen LogP contribution < -0.4 is 11.1 Å². The van der Waals surface area contributed by atoms with Crippen LogP contribution in [0.25, 0.3) is 0 Å². The molecule has 0 aliphatic heterocycles. The number of rotatable bonds is 4. The van der Waals surface area contributed by atoms with Gasteiger partial charge in [-0.1, -0.05) is 13.8 Å². The molecule has 1 atom stereocenters. The fourth-order valence-electron chi connectivity index (χ4n) is 0.543. The van der Waals surface area contributed by atoms with Crippen LogP contribution in [0.15, 0.2) is 0 Å². The summed E-state index contributed by atoms with van der Waals surface area (Å²) in [5.41, 5.74) is 5.06. The van der Waals surface area contributed by atoms with E-state index >= 15 is 0 Å². The first-order chi connectivity index (χ1) is 5.39. The van der Waals surface area contributed by atoms with Gasteiger partial charge in [0.05, 0.1) is 6.04 Å². The highest BCUT2D eigenvalue weighted by atomic mass is 16.3. The van der Waals surface area contributed by atoms with Gasteiger partial charge in [0.2, 0.25) is 5.91 Å². The van der Waals surface area contributed by atoms with Crippen molar-refractivity contribution in [3.8, 4) is 0 Å². The lowest BCUT2D eigenvalue weighted by Crippen LogP contribution is -2.43. The van der Waals surface area contributed by atoms with E-state index in [1.165, 1.54) is 0 Å². The molecule has 0 saturated heterocycles. The van der Waals surface area contributed by atoms with E-state index < -0.39 is 6.04 Å². The predicted molar refractivity (Wildman–Crippen MR) is 47.5 cm³/mol. The van der Waals surface area contributed by atoms with Crippen LogP contribution >= 0.6 is 0 Å². The van der Waals surface area contributed by atoms with Gasteiger partial charge in [-0.3, -0.25) is 4.79 Å². The second-order valence-corrected chi connectivity index (χ2v) is 3.83. The number of hydrogen-bond acceptors (Lipinski definition) is 3. The van der Waals surface area contributed by atoms with Gasteiger partial charge in [0, 0.05) is 18.6 Å².